The number of carbonyl (C=O) groups excluding carboxylic acids is 1. The van der Waals surface area contributed by atoms with E-state index in [1.54, 1.807) is 0 Å². The highest BCUT2D eigenvalue weighted by molar-refractivity contribution is 7.13. The van der Waals surface area contributed by atoms with Crippen molar-refractivity contribution in [2.24, 2.45) is 0 Å². The Balaban J connectivity index is 1.82. The fraction of sp³-hybridized carbons (Fsp3) is 0.500. The standard InChI is InChI=1S/C12H18N4OS/c1-2-3-15-4-6-16(7-5-15)11(17)8-10-9-18-12(13)14-10/h2,9H,1,3-8H2,(H2,13,14). The van der Waals surface area contributed by atoms with Crippen molar-refractivity contribution in [1.29, 1.82) is 0 Å². The van der Waals surface area contributed by atoms with Gasteiger partial charge in [0, 0.05) is 38.1 Å². The van der Waals surface area contributed by atoms with Gasteiger partial charge in [-0.05, 0) is 0 Å². The molecule has 98 valence electrons. The molecule has 0 unspecified atom stereocenters. The van der Waals surface area contributed by atoms with Crippen LogP contribution in [-0.4, -0.2) is 53.4 Å². The van der Waals surface area contributed by atoms with E-state index in [4.69, 9.17) is 5.73 Å². The van der Waals surface area contributed by atoms with Crippen LogP contribution in [0.5, 0.6) is 0 Å². The van der Waals surface area contributed by atoms with Crippen molar-refractivity contribution in [3.8, 4) is 0 Å². The Morgan fingerprint density at radius 2 is 2.22 bits per heavy atom. The van der Waals surface area contributed by atoms with Gasteiger partial charge >= 0.3 is 0 Å². The normalized spacial score (nSPS) is 16.8. The van der Waals surface area contributed by atoms with E-state index in [2.05, 4.69) is 16.5 Å². The maximum atomic E-state index is 12.1. The van der Waals surface area contributed by atoms with Gasteiger partial charge in [0.25, 0.3) is 0 Å². The van der Waals surface area contributed by atoms with Gasteiger partial charge in [-0.1, -0.05) is 6.08 Å². The van der Waals surface area contributed by atoms with Crippen LogP contribution in [0, 0.1) is 0 Å². The van der Waals surface area contributed by atoms with Crippen molar-refractivity contribution >= 4 is 22.4 Å². The number of thiazole rings is 1. The van der Waals surface area contributed by atoms with E-state index >= 15 is 0 Å². The number of hydrogen-bond acceptors (Lipinski definition) is 5. The monoisotopic (exact) mass is 266 g/mol. The SMILES string of the molecule is C=CCN1CCN(C(=O)Cc2csc(N)n2)CC1. The first-order chi connectivity index (χ1) is 8.69. The zero-order valence-electron chi connectivity index (χ0n) is 10.3. The number of piperazine rings is 1. The van der Waals surface area contributed by atoms with Crippen LogP contribution in [0.25, 0.3) is 0 Å². The van der Waals surface area contributed by atoms with Crippen molar-refractivity contribution in [2.75, 3.05) is 38.5 Å². The van der Waals surface area contributed by atoms with Crippen LogP contribution in [0.2, 0.25) is 0 Å². The second-order valence-electron chi connectivity index (χ2n) is 4.32. The first-order valence-corrected chi connectivity index (χ1v) is 6.88. The number of anilines is 1. The molecule has 0 atom stereocenters. The average Bonchev–Trinajstić information content (AvgIpc) is 2.76. The van der Waals surface area contributed by atoms with Crippen molar-refractivity contribution in [2.45, 2.75) is 6.42 Å². The molecule has 1 aromatic heterocycles. The summed E-state index contributed by atoms with van der Waals surface area (Å²) in [6.07, 6.45) is 2.25. The summed E-state index contributed by atoms with van der Waals surface area (Å²) in [5.74, 6) is 0.138. The molecule has 2 rings (SSSR count). The summed E-state index contributed by atoms with van der Waals surface area (Å²) in [4.78, 5) is 20.4. The van der Waals surface area contributed by atoms with E-state index in [0.717, 1.165) is 38.4 Å². The molecule has 0 bridgehead atoms. The summed E-state index contributed by atoms with van der Waals surface area (Å²) in [6.45, 7) is 8.01. The molecule has 1 aromatic rings. The molecule has 0 aliphatic carbocycles. The van der Waals surface area contributed by atoms with Crippen LogP contribution in [0.4, 0.5) is 5.13 Å². The highest BCUT2D eigenvalue weighted by Gasteiger charge is 2.20. The average molecular weight is 266 g/mol. The van der Waals surface area contributed by atoms with Gasteiger partial charge in [0.1, 0.15) is 0 Å². The van der Waals surface area contributed by atoms with Crippen LogP contribution in [0.15, 0.2) is 18.0 Å². The molecule has 0 saturated carbocycles. The first-order valence-electron chi connectivity index (χ1n) is 6.00. The molecular weight excluding hydrogens is 248 g/mol. The maximum absolute atomic E-state index is 12.1. The lowest BCUT2D eigenvalue weighted by Crippen LogP contribution is -2.49. The Labute approximate surface area is 111 Å². The third-order valence-corrected chi connectivity index (χ3v) is 3.74. The van der Waals surface area contributed by atoms with Gasteiger partial charge in [0.2, 0.25) is 5.91 Å². The van der Waals surface area contributed by atoms with E-state index in [0.29, 0.717) is 11.6 Å². The molecule has 1 amide bonds. The molecule has 5 nitrogen and oxygen atoms in total. The smallest absolute Gasteiger partial charge is 0.228 e. The zero-order valence-corrected chi connectivity index (χ0v) is 11.2. The van der Waals surface area contributed by atoms with E-state index < -0.39 is 0 Å². The highest BCUT2D eigenvalue weighted by Crippen LogP contribution is 2.13. The first kappa shape index (κ1) is 13.0. The Morgan fingerprint density at radius 1 is 1.50 bits per heavy atom. The van der Waals surface area contributed by atoms with Crippen molar-refractivity contribution in [3.05, 3.63) is 23.7 Å². The number of nitrogens with zero attached hydrogens (tertiary/aromatic N) is 3. The van der Waals surface area contributed by atoms with Crippen molar-refractivity contribution in [1.82, 2.24) is 14.8 Å². The minimum absolute atomic E-state index is 0.138. The fourth-order valence-electron chi connectivity index (χ4n) is 2.03. The Kier molecular flexibility index (Phi) is 4.33. The number of nitrogens with two attached hydrogens (primary N) is 1. The second-order valence-corrected chi connectivity index (χ2v) is 5.21. The minimum atomic E-state index is 0.138. The van der Waals surface area contributed by atoms with Gasteiger partial charge in [0.15, 0.2) is 5.13 Å². The van der Waals surface area contributed by atoms with Gasteiger partial charge in [-0.25, -0.2) is 4.98 Å². The van der Waals surface area contributed by atoms with E-state index in [1.165, 1.54) is 11.3 Å². The van der Waals surface area contributed by atoms with Crippen LogP contribution in [0.3, 0.4) is 0 Å². The molecule has 2 N–H and O–H groups in total. The summed E-state index contributed by atoms with van der Waals surface area (Å²) < 4.78 is 0. The Bertz CT molecular complexity index is 423. The fourth-order valence-corrected chi connectivity index (χ4v) is 2.60. The summed E-state index contributed by atoms with van der Waals surface area (Å²) in [7, 11) is 0. The number of amides is 1. The van der Waals surface area contributed by atoms with Crippen molar-refractivity contribution in [3.63, 3.8) is 0 Å². The van der Waals surface area contributed by atoms with Gasteiger partial charge in [-0.2, -0.15) is 0 Å². The minimum Gasteiger partial charge on any atom is -0.375 e. The molecule has 1 aliphatic rings. The van der Waals surface area contributed by atoms with Crippen LogP contribution >= 0.6 is 11.3 Å². The zero-order chi connectivity index (χ0) is 13.0. The molecule has 6 heteroatoms. The summed E-state index contributed by atoms with van der Waals surface area (Å²) in [6, 6.07) is 0. The maximum Gasteiger partial charge on any atom is 0.228 e. The third-order valence-electron chi connectivity index (χ3n) is 3.01. The van der Waals surface area contributed by atoms with Gasteiger partial charge in [-0.3, -0.25) is 9.69 Å². The van der Waals surface area contributed by atoms with Gasteiger partial charge in [0.05, 0.1) is 12.1 Å². The molecule has 1 aliphatic heterocycles. The Morgan fingerprint density at radius 3 is 2.78 bits per heavy atom. The molecule has 18 heavy (non-hydrogen) atoms. The van der Waals surface area contributed by atoms with Crippen LogP contribution in [0.1, 0.15) is 5.69 Å². The lowest BCUT2D eigenvalue weighted by Gasteiger charge is -2.34. The lowest BCUT2D eigenvalue weighted by molar-refractivity contribution is -0.132. The predicted molar refractivity (Wildman–Crippen MR) is 73.4 cm³/mol. The number of aromatic nitrogens is 1. The Hall–Kier alpha value is -1.40. The predicted octanol–water partition coefficient (Wildman–Crippen LogP) is 0.598. The largest absolute Gasteiger partial charge is 0.375 e. The number of rotatable bonds is 4. The number of hydrogen-bond donors (Lipinski definition) is 1. The summed E-state index contributed by atoms with van der Waals surface area (Å²) in [5.41, 5.74) is 6.32. The second kappa shape index (κ2) is 5.97. The topological polar surface area (TPSA) is 62.5 Å². The quantitative estimate of drug-likeness (QED) is 0.811. The van der Waals surface area contributed by atoms with Gasteiger partial charge in [-0.15, -0.1) is 17.9 Å². The molecule has 2 heterocycles. The summed E-state index contributed by atoms with van der Waals surface area (Å²) in [5, 5.41) is 2.37. The number of carbonyl (C=O) groups is 1. The van der Waals surface area contributed by atoms with Crippen molar-refractivity contribution < 1.29 is 4.79 Å². The van der Waals surface area contributed by atoms with E-state index in [1.807, 2.05) is 16.4 Å². The molecule has 1 fully saturated rings. The van der Waals surface area contributed by atoms with E-state index in [9.17, 15) is 4.79 Å². The molecule has 0 aromatic carbocycles. The van der Waals surface area contributed by atoms with Crippen LogP contribution < -0.4 is 5.73 Å². The van der Waals surface area contributed by atoms with Crippen LogP contribution in [-0.2, 0) is 11.2 Å². The third kappa shape index (κ3) is 3.30. The summed E-state index contributed by atoms with van der Waals surface area (Å²) >= 11 is 1.38. The highest BCUT2D eigenvalue weighted by atomic mass is 32.1. The molecule has 1 saturated heterocycles. The molecule has 0 radical (unpaired) electrons. The molecule has 0 spiro atoms. The van der Waals surface area contributed by atoms with Gasteiger partial charge < -0.3 is 10.6 Å². The van der Waals surface area contributed by atoms with E-state index in [-0.39, 0.29) is 5.91 Å². The lowest BCUT2D eigenvalue weighted by atomic mass is 10.2. The molecular formula is C12H18N4OS. The number of nitrogen functional groups attached to an aromatic ring is 1.